The first kappa shape index (κ1) is 15.2. The Labute approximate surface area is 122 Å². The summed E-state index contributed by atoms with van der Waals surface area (Å²) >= 11 is 0. The number of carbonyl (C=O) groups excluding carboxylic acids is 1. The van der Waals surface area contributed by atoms with Gasteiger partial charge in [-0.1, -0.05) is 13.3 Å². The molecule has 114 valence electrons. The van der Waals surface area contributed by atoms with Gasteiger partial charge >= 0.3 is 0 Å². The molecular formula is C14H19N3O4. The average Bonchev–Trinajstić information content (AvgIpc) is 2.49. The first-order chi connectivity index (χ1) is 10.0. The van der Waals surface area contributed by atoms with Gasteiger partial charge in [-0.2, -0.15) is 0 Å². The lowest BCUT2D eigenvalue weighted by atomic mass is 9.90. The maximum atomic E-state index is 12.2. The summed E-state index contributed by atoms with van der Waals surface area (Å²) in [6, 6.07) is 3.23. The van der Waals surface area contributed by atoms with Crippen LogP contribution in [-0.2, 0) is 4.79 Å². The molecule has 7 nitrogen and oxygen atoms in total. The molecule has 0 aromatic heterocycles. The van der Waals surface area contributed by atoms with E-state index < -0.39 is 4.92 Å². The number of nitrogens with zero attached hydrogens (tertiary/aromatic N) is 1. The first-order valence-corrected chi connectivity index (χ1v) is 7.03. The van der Waals surface area contributed by atoms with Gasteiger partial charge in [0.15, 0.2) is 0 Å². The van der Waals surface area contributed by atoms with Crippen LogP contribution in [0.1, 0.15) is 26.2 Å². The number of rotatable bonds is 4. The zero-order valence-corrected chi connectivity index (χ0v) is 11.8. The lowest BCUT2D eigenvalue weighted by Gasteiger charge is -2.28. The van der Waals surface area contributed by atoms with Crippen LogP contribution in [-0.4, -0.2) is 28.5 Å². The highest BCUT2D eigenvalue weighted by Crippen LogP contribution is 2.28. The smallest absolute Gasteiger partial charge is 0.271 e. The highest BCUT2D eigenvalue weighted by atomic mass is 16.6. The van der Waals surface area contributed by atoms with Gasteiger partial charge in [0, 0.05) is 12.1 Å². The van der Waals surface area contributed by atoms with E-state index in [4.69, 9.17) is 0 Å². The van der Waals surface area contributed by atoms with E-state index in [-0.39, 0.29) is 29.1 Å². The molecule has 2 atom stereocenters. The van der Waals surface area contributed by atoms with Crippen LogP contribution in [0.5, 0.6) is 5.75 Å². The molecule has 3 N–H and O–H groups in total. The molecule has 1 aliphatic heterocycles. The zero-order valence-electron chi connectivity index (χ0n) is 11.8. The number of nitro groups is 1. The fraction of sp³-hybridized carbons (Fsp3) is 0.500. The Bertz CT molecular complexity index is 547. The molecule has 0 spiro atoms. The van der Waals surface area contributed by atoms with Crippen molar-refractivity contribution in [2.24, 2.45) is 5.92 Å². The second-order valence-corrected chi connectivity index (χ2v) is 5.25. The number of nitrogens with one attached hydrogen (secondary N) is 2. The van der Waals surface area contributed by atoms with Gasteiger partial charge in [0.1, 0.15) is 5.75 Å². The van der Waals surface area contributed by atoms with E-state index in [1.807, 2.05) is 0 Å². The van der Waals surface area contributed by atoms with Crippen LogP contribution in [0.15, 0.2) is 18.2 Å². The average molecular weight is 293 g/mol. The molecular weight excluding hydrogens is 274 g/mol. The largest absolute Gasteiger partial charge is 0.506 e. The summed E-state index contributed by atoms with van der Waals surface area (Å²) in [7, 11) is 0. The minimum absolute atomic E-state index is 0.0645. The highest BCUT2D eigenvalue weighted by molar-refractivity contribution is 5.96. The Kier molecular flexibility index (Phi) is 4.74. The summed E-state index contributed by atoms with van der Waals surface area (Å²) in [6.07, 6.45) is 2.80. The lowest BCUT2D eigenvalue weighted by Crippen LogP contribution is -2.46. The molecule has 1 aromatic carbocycles. The van der Waals surface area contributed by atoms with Crippen LogP contribution >= 0.6 is 0 Å². The highest BCUT2D eigenvalue weighted by Gasteiger charge is 2.26. The number of aromatic hydroxyl groups is 1. The second-order valence-electron chi connectivity index (χ2n) is 5.25. The van der Waals surface area contributed by atoms with Gasteiger partial charge in [-0.05, 0) is 31.4 Å². The Balaban J connectivity index is 2.08. The molecule has 1 aliphatic rings. The molecule has 1 heterocycles. The van der Waals surface area contributed by atoms with Crippen LogP contribution in [0.25, 0.3) is 0 Å². The fourth-order valence-corrected chi connectivity index (χ4v) is 2.52. The van der Waals surface area contributed by atoms with Crippen LogP contribution in [0.2, 0.25) is 0 Å². The predicted molar refractivity (Wildman–Crippen MR) is 78.2 cm³/mol. The van der Waals surface area contributed by atoms with Gasteiger partial charge in [-0.15, -0.1) is 0 Å². The Morgan fingerprint density at radius 1 is 1.57 bits per heavy atom. The van der Waals surface area contributed by atoms with Gasteiger partial charge in [-0.25, -0.2) is 0 Å². The van der Waals surface area contributed by atoms with Crippen LogP contribution < -0.4 is 10.6 Å². The maximum Gasteiger partial charge on any atom is 0.271 e. The monoisotopic (exact) mass is 293 g/mol. The zero-order chi connectivity index (χ0) is 15.4. The van der Waals surface area contributed by atoms with E-state index in [1.54, 1.807) is 0 Å². The topological polar surface area (TPSA) is 104 Å². The number of phenols is 1. The number of nitro benzene ring substituents is 1. The number of non-ortho nitro benzene ring substituents is 1. The summed E-state index contributed by atoms with van der Waals surface area (Å²) in [5.41, 5.74) is -0.110. The van der Waals surface area contributed by atoms with E-state index in [0.29, 0.717) is 5.92 Å². The number of amides is 1. The van der Waals surface area contributed by atoms with E-state index in [2.05, 4.69) is 17.6 Å². The van der Waals surface area contributed by atoms with Crippen molar-refractivity contribution in [2.45, 2.75) is 32.2 Å². The van der Waals surface area contributed by atoms with Gasteiger partial charge < -0.3 is 15.7 Å². The number of carbonyl (C=O) groups is 1. The van der Waals surface area contributed by atoms with Gasteiger partial charge in [0.2, 0.25) is 5.91 Å². The molecule has 21 heavy (non-hydrogen) atoms. The molecule has 0 radical (unpaired) electrons. The van der Waals surface area contributed by atoms with Crippen molar-refractivity contribution in [3.63, 3.8) is 0 Å². The van der Waals surface area contributed by atoms with E-state index in [0.717, 1.165) is 31.9 Å². The van der Waals surface area contributed by atoms with Crippen molar-refractivity contribution in [3.05, 3.63) is 28.3 Å². The molecule has 1 amide bonds. The van der Waals surface area contributed by atoms with E-state index >= 15 is 0 Å². The first-order valence-electron chi connectivity index (χ1n) is 7.03. The number of hydrogen-bond donors (Lipinski definition) is 3. The SMILES string of the molecule is CCC1CCNC(C(=O)Nc2cc([N+](=O)[O-])ccc2O)C1. The summed E-state index contributed by atoms with van der Waals surface area (Å²) in [6.45, 7) is 2.87. The third-order valence-corrected chi connectivity index (χ3v) is 3.86. The molecule has 2 rings (SSSR count). The lowest BCUT2D eigenvalue weighted by molar-refractivity contribution is -0.384. The number of phenolic OH excluding ortho intramolecular Hbond substituents is 1. The Hall–Kier alpha value is -2.15. The van der Waals surface area contributed by atoms with E-state index in [1.165, 1.54) is 12.1 Å². The van der Waals surface area contributed by atoms with Crippen molar-refractivity contribution in [3.8, 4) is 5.75 Å². The van der Waals surface area contributed by atoms with Gasteiger partial charge in [0.25, 0.3) is 5.69 Å². The second kappa shape index (κ2) is 6.53. The maximum absolute atomic E-state index is 12.2. The number of hydrogen-bond acceptors (Lipinski definition) is 5. The van der Waals surface area contributed by atoms with Crippen LogP contribution in [0.3, 0.4) is 0 Å². The number of anilines is 1. The molecule has 1 saturated heterocycles. The minimum Gasteiger partial charge on any atom is -0.506 e. The van der Waals surface area contributed by atoms with Crippen LogP contribution in [0.4, 0.5) is 11.4 Å². The number of benzene rings is 1. The molecule has 1 aromatic rings. The number of piperidine rings is 1. The molecule has 0 saturated carbocycles. The summed E-state index contributed by atoms with van der Waals surface area (Å²) in [5.74, 6) is 0.0430. The molecule has 0 aliphatic carbocycles. The van der Waals surface area contributed by atoms with Gasteiger partial charge in [-0.3, -0.25) is 14.9 Å². The Morgan fingerprint density at radius 2 is 2.33 bits per heavy atom. The third-order valence-electron chi connectivity index (χ3n) is 3.86. The van der Waals surface area contributed by atoms with E-state index in [9.17, 15) is 20.0 Å². The van der Waals surface area contributed by atoms with Crippen molar-refractivity contribution in [2.75, 3.05) is 11.9 Å². The molecule has 1 fully saturated rings. The normalized spacial score (nSPS) is 21.8. The minimum atomic E-state index is -0.568. The fourth-order valence-electron chi connectivity index (χ4n) is 2.52. The van der Waals surface area contributed by atoms with Gasteiger partial charge in [0.05, 0.1) is 16.7 Å². The third kappa shape index (κ3) is 3.69. The predicted octanol–water partition coefficient (Wildman–Crippen LogP) is 2.02. The molecule has 2 unspecified atom stereocenters. The summed E-state index contributed by atoms with van der Waals surface area (Å²) < 4.78 is 0. The van der Waals surface area contributed by atoms with Crippen molar-refractivity contribution in [1.82, 2.24) is 5.32 Å². The molecule has 7 heteroatoms. The van der Waals surface area contributed by atoms with Crippen LogP contribution in [0, 0.1) is 16.0 Å². The summed E-state index contributed by atoms with van der Waals surface area (Å²) in [4.78, 5) is 22.4. The van der Waals surface area contributed by atoms with Crippen molar-refractivity contribution < 1.29 is 14.8 Å². The molecule has 0 bridgehead atoms. The Morgan fingerprint density at radius 3 is 3.00 bits per heavy atom. The quantitative estimate of drug-likeness (QED) is 0.447. The van der Waals surface area contributed by atoms with Crippen molar-refractivity contribution in [1.29, 1.82) is 0 Å². The van der Waals surface area contributed by atoms with Crippen molar-refractivity contribution >= 4 is 17.3 Å². The summed E-state index contributed by atoms with van der Waals surface area (Å²) in [5, 5.41) is 26.1. The standard InChI is InChI=1S/C14H19N3O4/c1-2-9-5-6-15-12(7-9)14(19)16-11-8-10(17(20)21)3-4-13(11)18/h3-4,8-9,12,15,18H,2,5-7H2,1H3,(H,16,19).